The number of anilines is 1. The highest BCUT2D eigenvalue weighted by atomic mass is 32.2. The summed E-state index contributed by atoms with van der Waals surface area (Å²) in [6.45, 7) is 7.14. The number of carbonyl (C=O) groups is 2. The van der Waals surface area contributed by atoms with Crippen molar-refractivity contribution in [2.24, 2.45) is 11.8 Å². The van der Waals surface area contributed by atoms with Gasteiger partial charge in [-0.25, -0.2) is 0 Å². The quantitative estimate of drug-likeness (QED) is 0.413. The molecule has 1 fully saturated rings. The lowest BCUT2D eigenvalue weighted by Gasteiger charge is -2.26. The number of nitrogens with one attached hydrogen (secondary N) is 1. The molecule has 3 atom stereocenters. The zero-order valence-corrected chi connectivity index (χ0v) is 21.6. The molecule has 1 N–H and O–H groups in total. The Bertz CT molecular complexity index is 863. The molecule has 2 rings (SSSR count). The van der Waals surface area contributed by atoms with Gasteiger partial charge in [0.2, 0.25) is 11.7 Å². The summed E-state index contributed by atoms with van der Waals surface area (Å²) >= 11 is 1.51. The number of benzene rings is 1. The Kier molecular flexibility index (Phi) is 10.6. The van der Waals surface area contributed by atoms with Gasteiger partial charge in [-0.15, -0.1) is 11.8 Å². The van der Waals surface area contributed by atoms with Crippen molar-refractivity contribution in [2.75, 3.05) is 46.3 Å². The highest BCUT2D eigenvalue weighted by Crippen LogP contribution is 2.41. The molecule has 10 heteroatoms. The van der Waals surface area contributed by atoms with E-state index in [9.17, 15) is 14.9 Å². The van der Waals surface area contributed by atoms with Crippen molar-refractivity contribution < 1.29 is 28.5 Å². The van der Waals surface area contributed by atoms with E-state index in [0.717, 1.165) is 5.69 Å². The van der Waals surface area contributed by atoms with E-state index in [1.807, 2.05) is 36.9 Å². The molecule has 0 aliphatic carbocycles. The standard InChI is InChI=1S/C24H35N3O6S/c1-7-33-24(29)16(13-25)10-21-27(14-15(2)3)23(28)20(34-21)8-9-26-17-11-18(30-4)22(32-6)19(12-17)31-5/h11-12,15-16,20-21,26H,7-10,14H2,1-6H3. The fourth-order valence-corrected chi connectivity index (χ4v) is 5.33. The molecule has 0 spiro atoms. The van der Waals surface area contributed by atoms with E-state index in [-0.39, 0.29) is 35.5 Å². The molecule has 1 heterocycles. The van der Waals surface area contributed by atoms with Crippen LogP contribution < -0.4 is 19.5 Å². The van der Waals surface area contributed by atoms with Crippen molar-refractivity contribution in [3.63, 3.8) is 0 Å². The second-order valence-electron chi connectivity index (χ2n) is 8.26. The number of amides is 1. The van der Waals surface area contributed by atoms with Crippen molar-refractivity contribution in [2.45, 2.75) is 44.2 Å². The molecule has 0 bridgehead atoms. The minimum Gasteiger partial charge on any atom is -0.493 e. The first-order valence-corrected chi connectivity index (χ1v) is 12.3. The van der Waals surface area contributed by atoms with Gasteiger partial charge in [0.1, 0.15) is 5.92 Å². The molecule has 0 radical (unpaired) electrons. The predicted molar refractivity (Wildman–Crippen MR) is 131 cm³/mol. The number of esters is 1. The Morgan fingerprint density at radius 1 is 1.21 bits per heavy atom. The van der Waals surface area contributed by atoms with Gasteiger partial charge in [0.15, 0.2) is 11.5 Å². The minimum absolute atomic E-state index is 0.0379. The van der Waals surface area contributed by atoms with Crippen LogP contribution >= 0.6 is 11.8 Å². The number of hydrogen-bond donors (Lipinski definition) is 1. The lowest BCUT2D eigenvalue weighted by Crippen LogP contribution is -2.39. The van der Waals surface area contributed by atoms with Crippen LogP contribution in [-0.2, 0) is 14.3 Å². The third-order valence-corrected chi connectivity index (χ3v) is 6.88. The van der Waals surface area contributed by atoms with Crippen LogP contribution in [0.15, 0.2) is 12.1 Å². The molecule has 1 aliphatic rings. The van der Waals surface area contributed by atoms with E-state index < -0.39 is 11.9 Å². The molecule has 34 heavy (non-hydrogen) atoms. The first-order chi connectivity index (χ1) is 16.3. The van der Waals surface area contributed by atoms with Crippen molar-refractivity contribution in [1.82, 2.24) is 4.90 Å². The molecule has 1 aromatic carbocycles. The third-order valence-electron chi connectivity index (χ3n) is 5.35. The summed E-state index contributed by atoms with van der Waals surface area (Å²) in [6.07, 6.45) is 0.844. The maximum atomic E-state index is 13.2. The number of nitriles is 1. The maximum absolute atomic E-state index is 13.2. The van der Waals surface area contributed by atoms with Crippen LogP contribution in [0.4, 0.5) is 5.69 Å². The van der Waals surface area contributed by atoms with Crippen LogP contribution in [0, 0.1) is 23.2 Å². The summed E-state index contributed by atoms with van der Waals surface area (Å²) in [5.74, 6) is 0.479. The number of ether oxygens (including phenoxy) is 4. The number of hydrogen-bond acceptors (Lipinski definition) is 9. The Hall–Kier alpha value is -2.80. The van der Waals surface area contributed by atoms with Gasteiger partial charge in [-0.05, 0) is 19.3 Å². The van der Waals surface area contributed by atoms with E-state index in [1.54, 1.807) is 28.3 Å². The summed E-state index contributed by atoms with van der Waals surface area (Å²) in [4.78, 5) is 27.1. The highest BCUT2D eigenvalue weighted by molar-refractivity contribution is 8.01. The number of nitrogens with zero attached hydrogens (tertiary/aromatic N) is 2. The molecule has 188 valence electrons. The van der Waals surface area contributed by atoms with Gasteiger partial charge in [-0.1, -0.05) is 13.8 Å². The zero-order valence-electron chi connectivity index (χ0n) is 20.8. The van der Waals surface area contributed by atoms with Gasteiger partial charge in [-0.3, -0.25) is 9.59 Å². The van der Waals surface area contributed by atoms with Gasteiger partial charge in [0.05, 0.1) is 44.6 Å². The van der Waals surface area contributed by atoms with Gasteiger partial charge in [0.25, 0.3) is 0 Å². The monoisotopic (exact) mass is 493 g/mol. The first-order valence-electron chi connectivity index (χ1n) is 11.4. The second-order valence-corrected chi connectivity index (χ2v) is 9.65. The maximum Gasteiger partial charge on any atom is 0.323 e. The number of thioether (sulfide) groups is 1. The topological polar surface area (TPSA) is 110 Å². The van der Waals surface area contributed by atoms with Crippen LogP contribution in [0.25, 0.3) is 0 Å². The Morgan fingerprint density at radius 3 is 2.35 bits per heavy atom. The third kappa shape index (κ3) is 6.86. The van der Waals surface area contributed by atoms with Gasteiger partial charge < -0.3 is 29.2 Å². The summed E-state index contributed by atoms with van der Waals surface area (Å²) in [6, 6.07) is 5.67. The normalized spacial score (nSPS) is 18.4. The fourth-order valence-electron chi connectivity index (χ4n) is 3.80. The number of carbonyl (C=O) groups excluding carboxylic acids is 2. The van der Waals surface area contributed by atoms with Gasteiger partial charge in [0, 0.05) is 37.3 Å². The SMILES string of the molecule is CCOC(=O)C(C#N)CC1SC(CCNc2cc(OC)c(OC)c(OC)c2)C(=O)N1CC(C)C. The Balaban J connectivity index is 2.08. The first kappa shape index (κ1) is 27.4. The minimum atomic E-state index is -0.893. The lowest BCUT2D eigenvalue weighted by atomic mass is 10.1. The summed E-state index contributed by atoms with van der Waals surface area (Å²) in [5.41, 5.74) is 0.785. The van der Waals surface area contributed by atoms with Gasteiger partial charge >= 0.3 is 5.97 Å². The molecule has 9 nitrogen and oxygen atoms in total. The van der Waals surface area contributed by atoms with Crippen molar-refractivity contribution in [3.8, 4) is 23.3 Å². The van der Waals surface area contributed by atoms with Crippen molar-refractivity contribution in [3.05, 3.63) is 12.1 Å². The van der Waals surface area contributed by atoms with E-state index in [1.165, 1.54) is 11.8 Å². The number of rotatable bonds is 13. The fraction of sp³-hybridized carbons (Fsp3) is 0.625. The van der Waals surface area contributed by atoms with Crippen molar-refractivity contribution in [1.29, 1.82) is 5.26 Å². The molecular formula is C24H35N3O6S. The average Bonchev–Trinajstić information content (AvgIpc) is 3.10. The molecule has 1 saturated heterocycles. The van der Waals surface area contributed by atoms with Crippen LogP contribution in [-0.4, -0.2) is 68.4 Å². The van der Waals surface area contributed by atoms with Crippen LogP contribution in [0.1, 0.15) is 33.6 Å². The van der Waals surface area contributed by atoms with Crippen LogP contribution in [0.2, 0.25) is 0 Å². The molecule has 0 aromatic heterocycles. The van der Waals surface area contributed by atoms with Crippen LogP contribution in [0.3, 0.4) is 0 Å². The van der Waals surface area contributed by atoms with E-state index in [0.29, 0.717) is 36.8 Å². The highest BCUT2D eigenvalue weighted by Gasteiger charge is 2.42. The van der Waals surface area contributed by atoms with Crippen LogP contribution in [0.5, 0.6) is 17.2 Å². The zero-order chi connectivity index (χ0) is 25.3. The Labute approximate surface area is 206 Å². The largest absolute Gasteiger partial charge is 0.493 e. The Morgan fingerprint density at radius 2 is 1.85 bits per heavy atom. The second kappa shape index (κ2) is 13.2. The molecule has 1 amide bonds. The lowest BCUT2D eigenvalue weighted by molar-refractivity contribution is -0.146. The summed E-state index contributed by atoms with van der Waals surface area (Å²) in [7, 11) is 4.67. The molecular weight excluding hydrogens is 458 g/mol. The van der Waals surface area contributed by atoms with E-state index in [4.69, 9.17) is 18.9 Å². The molecule has 1 aromatic rings. The molecule has 3 unspecified atom stereocenters. The summed E-state index contributed by atoms with van der Waals surface area (Å²) < 4.78 is 21.2. The van der Waals surface area contributed by atoms with E-state index in [2.05, 4.69) is 5.32 Å². The van der Waals surface area contributed by atoms with E-state index >= 15 is 0 Å². The molecule has 1 aliphatic heterocycles. The summed E-state index contributed by atoms with van der Waals surface area (Å²) in [5, 5.41) is 12.3. The van der Waals surface area contributed by atoms with Gasteiger partial charge in [-0.2, -0.15) is 5.26 Å². The molecule has 0 saturated carbocycles. The smallest absolute Gasteiger partial charge is 0.323 e. The number of methoxy groups -OCH3 is 3. The van der Waals surface area contributed by atoms with Crippen molar-refractivity contribution >= 4 is 29.3 Å². The predicted octanol–water partition coefficient (Wildman–Crippen LogP) is 3.53. The average molecular weight is 494 g/mol.